The Kier molecular flexibility index (Phi) is 5.92. The Morgan fingerprint density at radius 2 is 1.77 bits per heavy atom. The van der Waals surface area contributed by atoms with Crippen LogP contribution < -0.4 is 5.43 Å². The van der Waals surface area contributed by atoms with Crippen molar-refractivity contribution in [2.24, 2.45) is 11.8 Å². The SMILES string of the molecule is O=C(NN1CC2CCCC2C1)c1nn(-c2ccc(Cl)cc2)c2c1COCC2=Cc1ccc(F)cc1. The normalized spacial score (nSPS) is 22.9. The van der Waals surface area contributed by atoms with E-state index in [9.17, 15) is 9.18 Å². The largest absolute Gasteiger partial charge is 0.372 e. The second-order valence-electron chi connectivity index (χ2n) is 9.57. The lowest BCUT2D eigenvalue weighted by Gasteiger charge is -2.20. The number of carbonyl (C=O) groups is 1. The summed E-state index contributed by atoms with van der Waals surface area (Å²) in [5.41, 5.74) is 7.54. The van der Waals surface area contributed by atoms with Crippen molar-refractivity contribution < 1.29 is 13.9 Å². The number of aromatic nitrogens is 2. The Bertz CT molecular complexity index is 1270. The molecule has 1 aliphatic carbocycles. The number of ether oxygens (including phenoxy) is 1. The Hall–Kier alpha value is -3.00. The van der Waals surface area contributed by atoms with Crippen molar-refractivity contribution in [3.05, 3.63) is 81.9 Å². The van der Waals surface area contributed by atoms with Gasteiger partial charge in [-0.15, -0.1) is 0 Å². The zero-order valence-corrected chi connectivity index (χ0v) is 20.0. The number of amides is 1. The maximum atomic E-state index is 13.4. The highest BCUT2D eigenvalue weighted by atomic mass is 35.5. The Balaban J connectivity index is 1.38. The quantitative estimate of drug-likeness (QED) is 0.549. The van der Waals surface area contributed by atoms with E-state index in [0.717, 1.165) is 41.2 Å². The number of rotatable bonds is 4. The molecule has 3 aromatic rings. The summed E-state index contributed by atoms with van der Waals surface area (Å²) in [6.45, 7) is 2.43. The molecule has 2 aliphatic heterocycles. The lowest BCUT2D eigenvalue weighted by atomic mass is 10.0. The van der Waals surface area contributed by atoms with Gasteiger partial charge in [-0.3, -0.25) is 10.2 Å². The van der Waals surface area contributed by atoms with E-state index in [-0.39, 0.29) is 18.3 Å². The van der Waals surface area contributed by atoms with Gasteiger partial charge in [-0.05, 0) is 72.7 Å². The molecule has 8 heteroatoms. The fraction of sp³-hybridized carbons (Fsp3) is 0.333. The molecule has 35 heavy (non-hydrogen) atoms. The van der Waals surface area contributed by atoms with E-state index < -0.39 is 0 Å². The number of halogens is 2. The van der Waals surface area contributed by atoms with Crippen molar-refractivity contribution in [3.63, 3.8) is 0 Å². The average Bonchev–Trinajstić information content (AvgIpc) is 3.55. The number of nitrogens with one attached hydrogen (secondary N) is 1. The minimum atomic E-state index is -0.288. The molecular weight excluding hydrogens is 467 g/mol. The summed E-state index contributed by atoms with van der Waals surface area (Å²) in [6, 6.07) is 13.7. The van der Waals surface area contributed by atoms with Gasteiger partial charge in [0, 0.05) is 29.2 Å². The van der Waals surface area contributed by atoms with Crippen LogP contribution in [0.4, 0.5) is 4.39 Å². The van der Waals surface area contributed by atoms with Gasteiger partial charge in [-0.25, -0.2) is 14.1 Å². The smallest absolute Gasteiger partial charge is 0.286 e. The van der Waals surface area contributed by atoms with Crippen LogP contribution >= 0.6 is 11.6 Å². The van der Waals surface area contributed by atoms with Crippen LogP contribution in [0.3, 0.4) is 0 Å². The van der Waals surface area contributed by atoms with Crippen LogP contribution in [0.5, 0.6) is 0 Å². The first kappa shape index (κ1) is 22.5. The zero-order valence-electron chi connectivity index (χ0n) is 19.2. The lowest BCUT2D eigenvalue weighted by Crippen LogP contribution is -2.41. The molecule has 1 saturated heterocycles. The molecular formula is C27H26ClFN4O2. The minimum absolute atomic E-state index is 0.222. The average molecular weight is 493 g/mol. The first-order valence-corrected chi connectivity index (χ1v) is 12.4. The number of hydrogen-bond donors (Lipinski definition) is 1. The van der Waals surface area contributed by atoms with Crippen molar-refractivity contribution in [2.75, 3.05) is 19.7 Å². The molecule has 2 atom stereocenters. The van der Waals surface area contributed by atoms with Gasteiger partial charge in [0.05, 0.1) is 24.6 Å². The van der Waals surface area contributed by atoms with E-state index in [2.05, 4.69) is 5.43 Å². The highest BCUT2D eigenvalue weighted by Crippen LogP contribution is 2.37. The second-order valence-corrected chi connectivity index (χ2v) is 10.0. The summed E-state index contributed by atoms with van der Waals surface area (Å²) < 4.78 is 21.1. The van der Waals surface area contributed by atoms with E-state index in [4.69, 9.17) is 21.4 Å². The number of benzene rings is 2. The third kappa shape index (κ3) is 4.40. The number of nitrogens with zero attached hydrogens (tertiary/aromatic N) is 3. The van der Waals surface area contributed by atoms with Crippen LogP contribution in [-0.4, -0.2) is 40.4 Å². The summed E-state index contributed by atoms with van der Waals surface area (Å²) in [6.07, 6.45) is 5.72. The first-order valence-electron chi connectivity index (χ1n) is 12.0. The van der Waals surface area contributed by atoms with Crippen LogP contribution in [0.25, 0.3) is 17.3 Å². The monoisotopic (exact) mass is 492 g/mol. The number of hydrazine groups is 1. The molecule has 3 heterocycles. The molecule has 2 fully saturated rings. The second kappa shape index (κ2) is 9.22. The van der Waals surface area contributed by atoms with Crippen molar-refractivity contribution in [1.29, 1.82) is 0 Å². The molecule has 6 nitrogen and oxygen atoms in total. The predicted octanol–water partition coefficient (Wildman–Crippen LogP) is 5.11. The van der Waals surface area contributed by atoms with Crippen LogP contribution in [0.15, 0.2) is 48.5 Å². The topological polar surface area (TPSA) is 59.4 Å². The molecule has 1 N–H and O–H groups in total. The van der Waals surface area contributed by atoms with E-state index in [1.54, 1.807) is 28.9 Å². The van der Waals surface area contributed by atoms with E-state index >= 15 is 0 Å². The van der Waals surface area contributed by atoms with E-state index in [0.29, 0.717) is 29.2 Å². The summed E-state index contributed by atoms with van der Waals surface area (Å²) >= 11 is 6.12. The molecule has 180 valence electrons. The van der Waals surface area contributed by atoms with Gasteiger partial charge < -0.3 is 4.74 Å². The van der Waals surface area contributed by atoms with Crippen LogP contribution in [0, 0.1) is 17.7 Å². The summed E-state index contributed by atoms with van der Waals surface area (Å²) in [5, 5.41) is 7.43. The number of fused-ring (bicyclic) bond motifs is 2. The number of carbonyl (C=O) groups excluding carboxylic acids is 1. The molecule has 0 radical (unpaired) electrons. The fourth-order valence-corrected chi connectivity index (χ4v) is 5.72. The fourth-order valence-electron chi connectivity index (χ4n) is 5.59. The first-order chi connectivity index (χ1) is 17.0. The highest BCUT2D eigenvalue weighted by molar-refractivity contribution is 6.30. The molecule has 2 aromatic carbocycles. The van der Waals surface area contributed by atoms with Crippen molar-refractivity contribution >= 4 is 29.2 Å². The molecule has 1 saturated carbocycles. The standard InChI is InChI=1S/C27H26ClFN4O2/c28-21-6-10-23(11-7-21)33-26-20(12-17-4-8-22(29)9-5-17)15-35-16-24(26)25(30-33)27(34)31-32-13-18-2-1-3-19(18)14-32/h4-12,18-19H,1-3,13-16H2,(H,31,34). The molecule has 1 amide bonds. The molecule has 3 aliphatic rings. The Labute approximate surface area is 208 Å². The highest BCUT2D eigenvalue weighted by Gasteiger charge is 2.37. The van der Waals surface area contributed by atoms with Gasteiger partial charge in [-0.2, -0.15) is 5.10 Å². The van der Waals surface area contributed by atoms with Gasteiger partial charge in [0.1, 0.15) is 5.82 Å². The van der Waals surface area contributed by atoms with E-state index in [1.165, 1.54) is 31.4 Å². The van der Waals surface area contributed by atoms with Crippen molar-refractivity contribution in [3.8, 4) is 5.69 Å². The van der Waals surface area contributed by atoms with Crippen LogP contribution in [-0.2, 0) is 11.3 Å². The maximum absolute atomic E-state index is 13.4. The lowest BCUT2D eigenvalue weighted by molar-refractivity contribution is 0.0801. The van der Waals surface area contributed by atoms with Gasteiger partial charge in [-0.1, -0.05) is 30.2 Å². The van der Waals surface area contributed by atoms with Gasteiger partial charge in [0.2, 0.25) is 0 Å². The summed E-state index contributed by atoms with van der Waals surface area (Å²) in [5.74, 6) is 0.832. The molecule has 0 bridgehead atoms. The molecule has 6 rings (SSSR count). The van der Waals surface area contributed by atoms with Crippen molar-refractivity contribution in [2.45, 2.75) is 25.9 Å². The van der Waals surface area contributed by atoms with E-state index in [1.807, 2.05) is 23.2 Å². The maximum Gasteiger partial charge on any atom is 0.286 e. The van der Waals surface area contributed by atoms with Gasteiger partial charge in [0.25, 0.3) is 5.91 Å². The third-order valence-electron chi connectivity index (χ3n) is 7.27. The van der Waals surface area contributed by atoms with Crippen LogP contribution in [0.1, 0.15) is 46.6 Å². The van der Waals surface area contributed by atoms with Crippen LogP contribution in [0.2, 0.25) is 5.02 Å². The number of hydrogen-bond acceptors (Lipinski definition) is 4. The minimum Gasteiger partial charge on any atom is -0.372 e. The summed E-state index contributed by atoms with van der Waals surface area (Å²) in [4.78, 5) is 13.4. The zero-order chi connectivity index (χ0) is 23.9. The Morgan fingerprint density at radius 3 is 2.49 bits per heavy atom. The predicted molar refractivity (Wildman–Crippen MR) is 132 cm³/mol. The Morgan fingerprint density at radius 1 is 1.06 bits per heavy atom. The summed E-state index contributed by atoms with van der Waals surface area (Å²) in [7, 11) is 0. The third-order valence-corrected chi connectivity index (χ3v) is 7.53. The molecule has 1 aromatic heterocycles. The molecule has 2 unspecified atom stereocenters. The van der Waals surface area contributed by atoms with Gasteiger partial charge in [0.15, 0.2) is 5.69 Å². The van der Waals surface area contributed by atoms with Crippen molar-refractivity contribution in [1.82, 2.24) is 20.2 Å². The molecule has 0 spiro atoms. The van der Waals surface area contributed by atoms with Gasteiger partial charge >= 0.3 is 0 Å².